The maximum Gasteiger partial charge on any atom is 0.245 e. The lowest BCUT2D eigenvalue weighted by atomic mass is 10.1. The van der Waals surface area contributed by atoms with E-state index < -0.39 is 10.0 Å². The Hall–Kier alpha value is -1.37. The van der Waals surface area contributed by atoms with Crippen LogP contribution in [-0.4, -0.2) is 41.6 Å². The highest BCUT2D eigenvalue weighted by molar-refractivity contribution is 7.89. The summed E-state index contributed by atoms with van der Waals surface area (Å²) in [7, 11) is -1.64. The van der Waals surface area contributed by atoms with Gasteiger partial charge in [-0.3, -0.25) is 0 Å². The maximum atomic E-state index is 12.8. The lowest BCUT2D eigenvalue weighted by Crippen LogP contribution is -2.39. The minimum absolute atomic E-state index is 0.354. The van der Waals surface area contributed by atoms with Gasteiger partial charge in [-0.2, -0.15) is 4.31 Å². The van der Waals surface area contributed by atoms with Crippen LogP contribution in [0.4, 0.5) is 0 Å². The number of benzene rings is 1. The summed E-state index contributed by atoms with van der Waals surface area (Å²) in [5.41, 5.74) is 0.906. The fourth-order valence-corrected chi connectivity index (χ4v) is 4.44. The molecule has 1 aromatic heterocycles. The zero-order valence-electron chi connectivity index (χ0n) is 11.4. The third kappa shape index (κ3) is 2.13. The number of aliphatic hydroxyl groups excluding tert-OH is 1. The molecule has 0 bridgehead atoms. The number of fused-ring (bicyclic) bond motifs is 1. The van der Waals surface area contributed by atoms with Gasteiger partial charge in [-0.1, -0.05) is 18.2 Å². The van der Waals surface area contributed by atoms with Crippen LogP contribution < -0.4 is 0 Å². The smallest absolute Gasteiger partial charge is 0.245 e. The van der Waals surface area contributed by atoms with Crippen molar-refractivity contribution in [3.8, 4) is 0 Å². The molecule has 108 valence electrons. The molecule has 0 atom stereocenters. The maximum absolute atomic E-state index is 12.8. The monoisotopic (exact) mass is 294 g/mol. The van der Waals surface area contributed by atoms with Gasteiger partial charge in [0, 0.05) is 37.2 Å². The zero-order chi connectivity index (χ0) is 14.3. The molecular formula is C14H18N2O3S. The SMILES string of the molecule is Cn1cc(S(=O)(=O)N2CCC(O)CC2)c2ccccc21. The third-order valence-electron chi connectivity index (χ3n) is 3.90. The molecule has 0 aliphatic carbocycles. The Bertz CT molecular complexity index is 728. The van der Waals surface area contributed by atoms with Gasteiger partial charge in [0.1, 0.15) is 4.90 Å². The highest BCUT2D eigenvalue weighted by Crippen LogP contribution is 2.28. The predicted octanol–water partition coefficient (Wildman–Crippen LogP) is 1.32. The Morgan fingerprint density at radius 3 is 2.55 bits per heavy atom. The van der Waals surface area contributed by atoms with Crippen LogP contribution in [-0.2, 0) is 17.1 Å². The molecule has 20 heavy (non-hydrogen) atoms. The van der Waals surface area contributed by atoms with Crippen LogP contribution >= 0.6 is 0 Å². The van der Waals surface area contributed by atoms with E-state index in [2.05, 4.69) is 0 Å². The van der Waals surface area contributed by atoms with Gasteiger partial charge in [0.15, 0.2) is 0 Å². The number of nitrogens with zero attached hydrogens (tertiary/aromatic N) is 2. The van der Waals surface area contributed by atoms with Gasteiger partial charge in [0.2, 0.25) is 10.0 Å². The fourth-order valence-electron chi connectivity index (χ4n) is 2.73. The number of piperidine rings is 1. The first-order valence-corrected chi connectivity index (χ1v) is 8.16. The standard InChI is InChI=1S/C14H18N2O3S/c1-15-10-14(12-4-2-3-5-13(12)15)20(18,19)16-8-6-11(17)7-9-16/h2-5,10-11,17H,6-9H2,1H3. The Labute approximate surface area is 118 Å². The summed E-state index contributed by atoms with van der Waals surface area (Å²) in [5, 5.41) is 10.3. The predicted molar refractivity (Wildman–Crippen MR) is 76.9 cm³/mol. The molecule has 1 aliphatic rings. The van der Waals surface area contributed by atoms with Crippen LogP contribution in [0.15, 0.2) is 35.4 Å². The van der Waals surface area contributed by atoms with Gasteiger partial charge >= 0.3 is 0 Å². The molecule has 0 saturated carbocycles. The van der Waals surface area contributed by atoms with Crippen LogP contribution in [0.25, 0.3) is 10.9 Å². The van der Waals surface area contributed by atoms with Crippen molar-refractivity contribution in [2.75, 3.05) is 13.1 Å². The second-order valence-corrected chi connectivity index (χ2v) is 7.16. The molecule has 1 saturated heterocycles. The molecule has 1 aromatic carbocycles. The molecule has 3 rings (SSSR count). The summed E-state index contributed by atoms with van der Waals surface area (Å²) in [6, 6.07) is 7.49. The van der Waals surface area contributed by atoms with Crippen LogP contribution in [0.2, 0.25) is 0 Å². The van der Waals surface area contributed by atoms with E-state index >= 15 is 0 Å². The Kier molecular flexibility index (Phi) is 3.32. The largest absolute Gasteiger partial charge is 0.393 e. The van der Waals surface area contributed by atoms with E-state index in [0.717, 1.165) is 10.9 Å². The van der Waals surface area contributed by atoms with Crippen LogP contribution in [0.3, 0.4) is 0 Å². The summed E-state index contributed by atoms with van der Waals surface area (Å²) in [4.78, 5) is 0.354. The van der Waals surface area contributed by atoms with Gasteiger partial charge in [-0.15, -0.1) is 0 Å². The number of aryl methyl sites for hydroxylation is 1. The normalized spacial score (nSPS) is 18.7. The number of rotatable bonds is 2. The summed E-state index contributed by atoms with van der Waals surface area (Å²) in [5.74, 6) is 0. The van der Waals surface area contributed by atoms with Crippen LogP contribution in [0, 0.1) is 0 Å². The highest BCUT2D eigenvalue weighted by atomic mass is 32.2. The topological polar surface area (TPSA) is 62.5 Å². The van der Waals surface area contributed by atoms with E-state index in [1.807, 2.05) is 35.9 Å². The van der Waals surface area contributed by atoms with E-state index in [4.69, 9.17) is 0 Å². The molecule has 6 heteroatoms. The van der Waals surface area contributed by atoms with Crippen molar-refractivity contribution in [2.45, 2.75) is 23.8 Å². The number of aliphatic hydroxyl groups is 1. The van der Waals surface area contributed by atoms with Crippen LogP contribution in [0.1, 0.15) is 12.8 Å². The fraction of sp³-hybridized carbons (Fsp3) is 0.429. The number of hydrogen-bond acceptors (Lipinski definition) is 3. The van der Waals surface area contributed by atoms with Gasteiger partial charge < -0.3 is 9.67 Å². The van der Waals surface area contributed by atoms with Gasteiger partial charge in [0.25, 0.3) is 0 Å². The van der Waals surface area contributed by atoms with Gasteiger partial charge in [0.05, 0.1) is 6.10 Å². The molecule has 0 amide bonds. The van der Waals surface area contributed by atoms with Crippen molar-refractivity contribution >= 4 is 20.9 Å². The minimum atomic E-state index is -3.49. The zero-order valence-corrected chi connectivity index (χ0v) is 12.2. The Balaban J connectivity index is 2.06. The first kappa shape index (κ1) is 13.6. The van der Waals surface area contributed by atoms with Crippen molar-refractivity contribution in [1.29, 1.82) is 0 Å². The van der Waals surface area contributed by atoms with Gasteiger partial charge in [-0.05, 0) is 18.9 Å². The first-order chi connectivity index (χ1) is 9.50. The summed E-state index contributed by atoms with van der Waals surface area (Å²) in [6.07, 6.45) is 2.30. The average Bonchev–Trinajstić information content (AvgIpc) is 2.78. The number of aromatic nitrogens is 1. The molecule has 1 aliphatic heterocycles. The number of sulfonamides is 1. The van der Waals surface area contributed by atoms with Crippen molar-refractivity contribution < 1.29 is 13.5 Å². The Morgan fingerprint density at radius 1 is 1.20 bits per heavy atom. The Morgan fingerprint density at radius 2 is 1.85 bits per heavy atom. The molecular weight excluding hydrogens is 276 g/mol. The van der Waals surface area contributed by atoms with Gasteiger partial charge in [-0.25, -0.2) is 8.42 Å². The number of para-hydroxylation sites is 1. The van der Waals surface area contributed by atoms with Crippen LogP contribution in [0.5, 0.6) is 0 Å². The lowest BCUT2D eigenvalue weighted by molar-refractivity contribution is 0.113. The average molecular weight is 294 g/mol. The summed E-state index contributed by atoms with van der Waals surface area (Å²) >= 11 is 0. The quantitative estimate of drug-likeness (QED) is 0.908. The van der Waals surface area contributed by atoms with Crippen molar-refractivity contribution in [3.63, 3.8) is 0 Å². The molecule has 0 unspecified atom stereocenters. The van der Waals surface area contributed by atoms with E-state index in [-0.39, 0.29) is 6.10 Å². The molecule has 1 N–H and O–H groups in total. The number of hydrogen-bond donors (Lipinski definition) is 1. The molecule has 5 nitrogen and oxygen atoms in total. The van der Waals surface area contributed by atoms with Crippen molar-refractivity contribution in [2.24, 2.45) is 7.05 Å². The minimum Gasteiger partial charge on any atom is -0.393 e. The first-order valence-electron chi connectivity index (χ1n) is 6.72. The van der Waals surface area contributed by atoms with E-state index in [0.29, 0.717) is 30.8 Å². The highest BCUT2D eigenvalue weighted by Gasteiger charge is 2.30. The van der Waals surface area contributed by atoms with E-state index in [1.165, 1.54) is 4.31 Å². The molecule has 2 heterocycles. The summed E-state index contributed by atoms with van der Waals surface area (Å²) in [6.45, 7) is 0.763. The van der Waals surface area contributed by atoms with Crippen molar-refractivity contribution in [3.05, 3.63) is 30.5 Å². The lowest BCUT2D eigenvalue weighted by Gasteiger charge is -2.28. The summed E-state index contributed by atoms with van der Waals surface area (Å²) < 4.78 is 28.8. The second kappa shape index (κ2) is 4.87. The molecule has 0 spiro atoms. The molecule has 1 fully saturated rings. The van der Waals surface area contributed by atoms with E-state index in [9.17, 15) is 13.5 Å². The molecule has 2 aromatic rings. The second-order valence-electron chi connectivity index (χ2n) is 5.26. The van der Waals surface area contributed by atoms with Crippen molar-refractivity contribution in [1.82, 2.24) is 8.87 Å². The third-order valence-corrected chi connectivity index (χ3v) is 5.83. The molecule has 0 radical (unpaired) electrons. The van der Waals surface area contributed by atoms with E-state index in [1.54, 1.807) is 6.20 Å².